The van der Waals surface area contributed by atoms with Gasteiger partial charge < -0.3 is 28.8 Å². The van der Waals surface area contributed by atoms with E-state index >= 15 is 0 Å². The van der Waals surface area contributed by atoms with Crippen molar-refractivity contribution < 1.29 is 57.6 Å². The molecular weight excluding hydrogens is 420 g/mol. The van der Waals surface area contributed by atoms with Gasteiger partial charge in [0, 0.05) is 0 Å². The summed E-state index contributed by atoms with van der Waals surface area (Å²) in [5, 5.41) is 9.05. The maximum Gasteiger partial charge on any atom is 0.347 e. The molecule has 0 aliphatic heterocycles. The summed E-state index contributed by atoms with van der Waals surface area (Å²) in [4.78, 5) is 70.0. The monoisotopic (exact) mass is 448 g/mol. The van der Waals surface area contributed by atoms with Gasteiger partial charge in [0.2, 0.25) is 0 Å². The van der Waals surface area contributed by atoms with Gasteiger partial charge in [-0.15, -0.1) is 0 Å². The summed E-state index contributed by atoms with van der Waals surface area (Å²) in [6.07, 6.45) is -8.15. The molecular formula is C19H28O12. The van der Waals surface area contributed by atoms with E-state index in [1.807, 2.05) is 0 Å². The largest absolute Gasteiger partial charge is 0.452 e. The topological polar surface area (TPSA) is 169 Å². The molecule has 0 aliphatic carbocycles. The highest BCUT2D eigenvalue weighted by Gasteiger charge is 2.31. The van der Waals surface area contributed by atoms with Crippen LogP contribution < -0.4 is 0 Å². The average Bonchev–Trinajstić information content (AvgIpc) is 2.66. The van der Waals surface area contributed by atoms with Crippen LogP contribution in [0.4, 0.5) is 0 Å². The van der Waals surface area contributed by atoms with Crippen LogP contribution in [-0.4, -0.2) is 77.4 Å². The molecule has 31 heavy (non-hydrogen) atoms. The minimum absolute atomic E-state index is 0.396. The fourth-order valence-corrected chi connectivity index (χ4v) is 1.63. The van der Waals surface area contributed by atoms with Gasteiger partial charge in [-0.2, -0.15) is 0 Å². The lowest BCUT2D eigenvalue weighted by molar-refractivity contribution is -0.186. The van der Waals surface area contributed by atoms with Crippen LogP contribution in [0.2, 0.25) is 0 Å². The van der Waals surface area contributed by atoms with Crippen molar-refractivity contribution in [3.05, 3.63) is 0 Å². The zero-order valence-corrected chi connectivity index (χ0v) is 18.4. The van der Waals surface area contributed by atoms with Gasteiger partial charge in [-0.05, 0) is 48.5 Å². The summed E-state index contributed by atoms with van der Waals surface area (Å²) in [5.74, 6) is -5.67. The van der Waals surface area contributed by atoms with Crippen molar-refractivity contribution in [1.29, 1.82) is 0 Å². The molecule has 0 aromatic heterocycles. The predicted octanol–water partition coefficient (Wildman–Crippen LogP) is -0.385. The highest BCUT2D eigenvalue weighted by Crippen LogP contribution is 2.07. The fourth-order valence-electron chi connectivity index (χ4n) is 1.63. The number of aliphatic hydroxyl groups is 1. The van der Waals surface area contributed by atoms with Gasteiger partial charge in [-0.1, -0.05) is 0 Å². The van der Waals surface area contributed by atoms with Crippen LogP contribution in [0.25, 0.3) is 0 Å². The molecule has 0 spiro atoms. The minimum atomic E-state index is -1.46. The number of carbonyl (C=O) groups excluding carboxylic acids is 6. The first-order valence-corrected chi connectivity index (χ1v) is 9.38. The highest BCUT2D eigenvalue weighted by atomic mass is 16.6. The molecule has 0 bridgehead atoms. The van der Waals surface area contributed by atoms with Crippen molar-refractivity contribution in [3.8, 4) is 0 Å². The number of rotatable bonds is 11. The molecule has 6 atom stereocenters. The molecule has 0 radical (unpaired) electrons. The van der Waals surface area contributed by atoms with Crippen molar-refractivity contribution in [2.45, 2.75) is 85.1 Å². The number of aliphatic hydroxyl groups excluding tert-OH is 1. The molecule has 1 N–H and O–H groups in total. The van der Waals surface area contributed by atoms with Crippen LogP contribution in [0.5, 0.6) is 0 Å². The molecule has 0 aromatic rings. The van der Waals surface area contributed by atoms with Gasteiger partial charge in [-0.3, -0.25) is 4.79 Å². The maximum absolute atomic E-state index is 12.0. The zero-order valence-electron chi connectivity index (χ0n) is 18.4. The van der Waals surface area contributed by atoms with Gasteiger partial charge >= 0.3 is 29.8 Å². The normalized spacial score (nSPS) is 16.4. The lowest BCUT2D eigenvalue weighted by Crippen LogP contribution is -2.38. The van der Waals surface area contributed by atoms with Crippen molar-refractivity contribution in [2.75, 3.05) is 0 Å². The summed E-state index contributed by atoms with van der Waals surface area (Å²) in [6, 6.07) is 0. The van der Waals surface area contributed by atoms with E-state index in [1.165, 1.54) is 27.7 Å². The van der Waals surface area contributed by atoms with Crippen LogP contribution >= 0.6 is 0 Å². The van der Waals surface area contributed by atoms with Gasteiger partial charge in [0.1, 0.15) is 6.10 Å². The maximum atomic E-state index is 12.0. The second-order valence-electron chi connectivity index (χ2n) is 6.68. The van der Waals surface area contributed by atoms with Crippen molar-refractivity contribution >= 4 is 35.6 Å². The number of ketones is 1. The van der Waals surface area contributed by atoms with Gasteiger partial charge in [0.25, 0.3) is 0 Å². The molecule has 6 unspecified atom stereocenters. The van der Waals surface area contributed by atoms with E-state index in [-0.39, 0.29) is 0 Å². The molecule has 12 nitrogen and oxygen atoms in total. The van der Waals surface area contributed by atoms with Gasteiger partial charge in [0.05, 0.1) is 0 Å². The van der Waals surface area contributed by atoms with E-state index in [1.54, 1.807) is 0 Å². The average molecular weight is 448 g/mol. The third-order valence-corrected chi connectivity index (χ3v) is 3.71. The Balaban J connectivity index is 4.63. The Morgan fingerprint density at radius 1 is 0.484 bits per heavy atom. The molecule has 0 aliphatic rings. The summed E-state index contributed by atoms with van der Waals surface area (Å²) in [5.41, 5.74) is 0. The highest BCUT2D eigenvalue weighted by molar-refractivity contribution is 5.87. The number of hydrogen-bond acceptors (Lipinski definition) is 12. The van der Waals surface area contributed by atoms with Crippen LogP contribution in [0.15, 0.2) is 0 Å². The Labute approximate surface area is 179 Å². The van der Waals surface area contributed by atoms with Crippen molar-refractivity contribution in [2.24, 2.45) is 0 Å². The molecule has 0 heterocycles. The number of Topliss-reactive ketones (excluding diaryl/α,β-unsaturated/α-hetero) is 1. The van der Waals surface area contributed by atoms with Gasteiger partial charge in [0.15, 0.2) is 36.3 Å². The SMILES string of the molecule is CC(=O)C(C)OC(=O)C(C)OC(=O)C(C)OC(=O)C(C)OC(=O)C(C)OC(=O)C(C)O. The molecule has 0 saturated carbocycles. The van der Waals surface area contributed by atoms with Crippen molar-refractivity contribution in [3.63, 3.8) is 0 Å². The zero-order chi connectivity index (χ0) is 24.5. The lowest BCUT2D eigenvalue weighted by atomic mass is 10.3. The van der Waals surface area contributed by atoms with Gasteiger partial charge in [-0.25, -0.2) is 24.0 Å². The first kappa shape index (κ1) is 28.0. The van der Waals surface area contributed by atoms with E-state index in [0.29, 0.717) is 0 Å². The first-order chi connectivity index (χ1) is 14.2. The number of ether oxygens (including phenoxy) is 5. The van der Waals surface area contributed by atoms with E-state index in [4.69, 9.17) is 24.1 Å². The Hall–Kier alpha value is -3.02. The molecule has 12 heteroatoms. The molecule has 0 amide bonds. The molecule has 0 fully saturated rings. The third kappa shape index (κ3) is 10.0. The molecule has 0 saturated heterocycles. The molecule has 176 valence electrons. The lowest BCUT2D eigenvalue weighted by Gasteiger charge is -2.20. The standard InChI is InChI=1S/C19H28O12/c1-8(20)10(3)27-16(23)12(5)29-18(25)14(7)31-19(26)13(6)30-17(24)11(4)28-15(22)9(2)21/h9-14,21H,1-7H3. The minimum Gasteiger partial charge on any atom is -0.452 e. The van der Waals surface area contributed by atoms with Crippen LogP contribution in [-0.2, 0) is 52.5 Å². The Morgan fingerprint density at radius 2 is 0.710 bits per heavy atom. The third-order valence-electron chi connectivity index (χ3n) is 3.71. The van der Waals surface area contributed by atoms with Crippen LogP contribution in [0.1, 0.15) is 48.5 Å². The summed E-state index contributed by atoms with van der Waals surface area (Å²) < 4.78 is 23.9. The van der Waals surface area contributed by atoms with Crippen LogP contribution in [0.3, 0.4) is 0 Å². The van der Waals surface area contributed by atoms with E-state index in [0.717, 1.165) is 20.8 Å². The van der Waals surface area contributed by atoms with E-state index < -0.39 is 72.3 Å². The second kappa shape index (κ2) is 12.6. The number of carbonyl (C=O) groups is 6. The number of esters is 5. The smallest absolute Gasteiger partial charge is 0.347 e. The summed E-state index contributed by atoms with van der Waals surface area (Å²) in [7, 11) is 0. The van der Waals surface area contributed by atoms with Crippen molar-refractivity contribution in [1.82, 2.24) is 0 Å². The Morgan fingerprint density at radius 3 is 0.935 bits per heavy atom. The number of hydrogen-bond donors (Lipinski definition) is 1. The van der Waals surface area contributed by atoms with Crippen LogP contribution in [0, 0.1) is 0 Å². The summed E-state index contributed by atoms with van der Waals surface area (Å²) >= 11 is 0. The Bertz CT molecular complexity index is 698. The Kier molecular flexibility index (Phi) is 11.4. The van der Waals surface area contributed by atoms with E-state index in [2.05, 4.69) is 4.74 Å². The molecule has 0 rings (SSSR count). The quantitative estimate of drug-likeness (QED) is 0.321. The molecule has 0 aromatic carbocycles. The predicted molar refractivity (Wildman–Crippen MR) is 100 cm³/mol. The van der Waals surface area contributed by atoms with E-state index in [9.17, 15) is 28.8 Å². The fraction of sp³-hybridized carbons (Fsp3) is 0.684. The summed E-state index contributed by atoms with van der Waals surface area (Å²) in [6.45, 7) is 8.43. The second-order valence-corrected chi connectivity index (χ2v) is 6.68. The first-order valence-electron chi connectivity index (χ1n) is 9.38.